The number of benzene rings is 3. The molecule has 1 aliphatic rings. The topological polar surface area (TPSA) is 61.6 Å². The summed E-state index contributed by atoms with van der Waals surface area (Å²) in [5.41, 5.74) is 4.51. The molecule has 3 aromatic carbocycles. The van der Waals surface area contributed by atoms with Crippen LogP contribution in [0, 0.1) is 0 Å². The van der Waals surface area contributed by atoms with Gasteiger partial charge in [-0.1, -0.05) is 50.1 Å². The molecule has 0 saturated carbocycles. The standard InChI is InChI=1S/C27H15Br2NO4/c28-19-4-1-15(2-5-19)22-11-17(16-3-7-25-26(13-16)33-14-32-25)12-23(30-22)21-10-18-9-20(29)6-8-24(18)34-27(21)31/h1-13H,14H2. The highest BCUT2D eigenvalue weighted by atomic mass is 79.9. The lowest BCUT2D eigenvalue weighted by atomic mass is 10.00. The van der Waals surface area contributed by atoms with E-state index in [0.29, 0.717) is 28.3 Å². The van der Waals surface area contributed by atoms with Crippen LogP contribution in [0.5, 0.6) is 11.5 Å². The van der Waals surface area contributed by atoms with Crippen LogP contribution in [0.3, 0.4) is 0 Å². The van der Waals surface area contributed by atoms with Gasteiger partial charge in [-0.05, 0) is 71.8 Å². The largest absolute Gasteiger partial charge is 0.454 e. The third-order valence-corrected chi connectivity index (χ3v) is 6.66. The minimum Gasteiger partial charge on any atom is -0.454 e. The van der Waals surface area contributed by atoms with Gasteiger partial charge in [0, 0.05) is 19.9 Å². The zero-order valence-corrected chi connectivity index (χ0v) is 20.7. The van der Waals surface area contributed by atoms with Crippen molar-refractivity contribution in [2.24, 2.45) is 0 Å². The summed E-state index contributed by atoms with van der Waals surface area (Å²) in [4.78, 5) is 17.8. The molecule has 6 rings (SSSR count). The van der Waals surface area contributed by atoms with Gasteiger partial charge in [0.15, 0.2) is 11.5 Å². The Morgan fingerprint density at radius 2 is 1.41 bits per heavy atom. The summed E-state index contributed by atoms with van der Waals surface area (Å²) in [6.45, 7) is 0.207. The summed E-state index contributed by atoms with van der Waals surface area (Å²) >= 11 is 6.97. The Morgan fingerprint density at radius 1 is 0.676 bits per heavy atom. The smallest absolute Gasteiger partial charge is 0.345 e. The molecule has 1 aliphatic heterocycles. The average molecular weight is 577 g/mol. The molecular weight excluding hydrogens is 562 g/mol. The van der Waals surface area contributed by atoms with E-state index in [-0.39, 0.29) is 6.79 Å². The van der Waals surface area contributed by atoms with Crippen molar-refractivity contribution in [3.8, 4) is 45.1 Å². The van der Waals surface area contributed by atoms with Crippen LogP contribution in [0.1, 0.15) is 0 Å². The van der Waals surface area contributed by atoms with E-state index in [4.69, 9.17) is 18.9 Å². The van der Waals surface area contributed by atoms with Crippen molar-refractivity contribution in [2.75, 3.05) is 6.79 Å². The number of aromatic nitrogens is 1. The lowest BCUT2D eigenvalue weighted by Gasteiger charge is -2.11. The number of pyridine rings is 1. The second kappa shape index (κ2) is 8.42. The van der Waals surface area contributed by atoms with Gasteiger partial charge in [0.05, 0.1) is 17.0 Å². The molecule has 0 aliphatic carbocycles. The molecule has 0 saturated heterocycles. The predicted octanol–water partition coefficient (Wildman–Crippen LogP) is 7.44. The fourth-order valence-corrected chi connectivity index (χ4v) is 4.60. The summed E-state index contributed by atoms with van der Waals surface area (Å²) in [5.74, 6) is 1.41. The van der Waals surface area contributed by atoms with Crippen LogP contribution in [0.2, 0.25) is 0 Å². The Kier molecular flexibility index (Phi) is 5.23. The van der Waals surface area contributed by atoms with Crippen LogP contribution in [0.15, 0.2) is 97.0 Å². The van der Waals surface area contributed by atoms with Gasteiger partial charge in [0.1, 0.15) is 5.58 Å². The number of rotatable bonds is 3. The second-order valence-electron chi connectivity index (χ2n) is 7.83. The Balaban J connectivity index is 1.57. The van der Waals surface area contributed by atoms with E-state index in [1.807, 2.05) is 72.8 Å². The molecule has 34 heavy (non-hydrogen) atoms. The quantitative estimate of drug-likeness (QED) is 0.209. The molecule has 0 bridgehead atoms. The van der Waals surface area contributed by atoms with Crippen LogP contribution in [0.4, 0.5) is 0 Å². The number of halogens is 2. The highest BCUT2D eigenvalue weighted by Gasteiger charge is 2.17. The van der Waals surface area contributed by atoms with E-state index in [9.17, 15) is 4.79 Å². The minimum atomic E-state index is -0.438. The molecule has 0 fully saturated rings. The third kappa shape index (κ3) is 3.91. The fraction of sp³-hybridized carbons (Fsp3) is 0.0370. The van der Waals surface area contributed by atoms with Crippen molar-refractivity contribution in [1.82, 2.24) is 4.98 Å². The van der Waals surface area contributed by atoms with E-state index in [2.05, 4.69) is 31.9 Å². The number of nitrogens with zero attached hydrogens (tertiary/aromatic N) is 1. The lowest BCUT2D eigenvalue weighted by molar-refractivity contribution is 0.174. The fourth-order valence-electron chi connectivity index (χ4n) is 3.95. The van der Waals surface area contributed by atoms with Gasteiger partial charge in [0.25, 0.3) is 0 Å². The van der Waals surface area contributed by atoms with Crippen molar-refractivity contribution in [3.63, 3.8) is 0 Å². The Labute approximate surface area is 211 Å². The minimum absolute atomic E-state index is 0.207. The maximum atomic E-state index is 13.0. The van der Waals surface area contributed by atoms with Gasteiger partial charge in [-0.2, -0.15) is 0 Å². The maximum absolute atomic E-state index is 13.0. The molecule has 2 aromatic heterocycles. The molecule has 3 heterocycles. The molecular formula is C27H15Br2NO4. The molecule has 0 atom stereocenters. The summed E-state index contributed by atoms with van der Waals surface area (Å²) in [6, 6.07) is 25.0. The van der Waals surface area contributed by atoms with E-state index >= 15 is 0 Å². The molecule has 5 nitrogen and oxygen atoms in total. The molecule has 0 radical (unpaired) electrons. The van der Waals surface area contributed by atoms with Crippen molar-refractivity contribution >= 4 is 42.8 Å². The molecule has 0 spiro atoms. The molecule has 5 aromatic rings. The summed E-state index contributed by atoms with van der Waals surface area (Å²) in [5, 5.41) is 0.810. The van der Waals surface area contributed by atoms with E-state index in [1.165, 1.54) is 0 Å². The van der Waals surface area contributed by atoms with E-state index in [0.717, 1.165) is 36.7 Å². The van der Waals surface area contributed by atoms with E-state index < -0.39 is 5.63 Å². The Bertz CT molecular complexity index is 1630. The van der Waals surface area contributed by atoms with Crippen molar-refractivity contribution < 1.29 is 13.9 Å². The first-order chi connectivity index (χ1) is 16.5. The summed E-state index contributed by atoms with van der Waals surface area (Å²) in [7, 11) is 0. The van der Waals surface area contributed by atoms with Crippen molar-refractivity contribution in [2.45, 2.75) is 0 Å². The van der Waals surface area contributed by atoms with Gasteiger partial charge in [-0.15, -0.1) is 0 Å². The molecule has 0 unspecified atom stereocenters. The Hall–Kier alpha value is -3.42. The monoisotopic (exact) mass is 575 g/mol. The third-order valence-electron chi connectivity index (χ3n) is 5.64. The van der Waals surface area contributed by atoms with Gasteiger partial charge >= 0.3 is 5.63 Å². The number of fused-ring (bicyclic) bond motifs is 2. The number of hydrogen-bond acceptors (Lipinski definition) is 5. The Morgan fingerprint density at radius 3 is 2.26 bits per heavy atom. The van der Waals surface area contributed by atoms with Crippen LogP contribution in [0.25, 0.3) is 44.6 Å². The summed E-state index contributed by atoms with van der Waals surface area (Å²) < 4.78 is 18.5. The van der Waals surface area contributed by atoms with Gasteiger partial charge in [0.2, 0.25) is 6.79 Å². The lowest BCUT2D eigenvalue weighted by Crippen LogP contribution is -2.04. The predicted molar refractivity (Wildman–Crippen MR) is 138 cm³/mol. The van der Waals surface area contributed by atoms with Crippen molar-refractivity contribution in [3.05, 3.63) is 98.2 Å². The van der Waals surface area contributed by atoms with Gasteiger partial charge < -0.3 is 13.9 Å². The zero-order chi connectivity index (χ0) is 23.2. The highest BCUT2D eigenvalue weighted by molar-refractivity contribution is 9.10. The summed E-state index contributed by atoms with van der Waals surface area (Å²) in [6.07, 6.45) is 0. The van der Waals surface area contributed by atoms with Crippen LogP contribution < -0.4 is 15.1 Å². The first-order valence-corrected chi connectivity index (χ1v) is 12.0. The van der Waals surface area contributed by atoms with Crippen LogP contribution >= 0.6 is 31.9 Å². The normalized spacial score (nSPS) is 12.3. The molecule has 0 amide bonds. The van der Waals surface area contributed by atoms with E-state index in [1.54, 1.807) is 6.07 Å². The van der Waals surface area contributed by atoms with Crippen LogP contribution in [-0.4, -0.2) is 11.8 Å². The second-order valence-corrected chi connectivity index (χ2v) is 9.66. The van der Waals surface area contributed by atoms with Crippen molar-refractivity contribution in [1.29, 1.82) is 0 Å². The first-order valence-electron chi connectivity index (χ1n) is 10.5. The number of hydrogen-bond donors (Lipinski definition) is 0. The van der Waals surface area contributed by atoms with Gasteiger partial charge in [-0.3, -0.25) is 0 Å². The SMILES string of the molecule is O=c1oc2ccc(Br)cc2cc1-c1cc(-c2ccc3c(c2)OCO3)cc(-c2ccc(Br)cc2)n1. The molecule has 7 heteroatoms. The van der Waals surface area contributed by atoms with Gasteiger partial charge in [-0.25, -0.2) is 9.78 Å². The number of ether oxygens (including phenoxy) is 2. The maximum Gasteiger partial charge on any atom is 0.345 e. The zero-order valence-electron chi connectivity index (χ0n) is 17.5. The first kappa shape index (κ1) is 21.1. The molecule has 166 valence electrons. The average Bonchev–Trinajstić information content (AvgIpc) is 3.32. The molecule has 0 N–H and O–H groups in total. The van der Waals surface area contributed by atoms with Crippen LogP contribution in [-0.2, 0) is 0 Å². The highest BCUT2D eigenvalue weighted by Crippen LogP contribution is 2.38.